The Bertz CT molecular complexity index is 553. The van der Waals surface area contributed by atoms with E-state index < -0.39 is 0 Å². The summed E-state index contributed by atoms with van der Waals surface area (Å²) >= 11 is 0. The van der Waals surface area contributed by atoms with Crippen LogP contribution in [0.3, 0.4) is 0 Å². The van der Waals surface area contributed by atoms with Crippen molar-refractivity contribution in [3.05, 3.63) is 42.0 Å². The van der Waals surface area contributed by atoms with Crippen molar-refractivity contribution in [3.63, 3.8) is 0 Å². The molecule has 0 bridgehead atoms. The van der Waals surface area contributed by atoms with Crippen molar-refractivity contribution < 1.29 is 14.7 Å². The Morgan fingerprint density at radius 2 is 2.35 bits per heavy atom. The molecule has 2 aromatic rings. The molecule has 0 saturated heterocycles. The molecule has 6 heteroatoms. The largest absolute Gasteiger partial charge is 0.496 e. The lowest BCUT2D eigenvalue weighted by atomic mass is 10.2. The molecule has 0 aliphatic carbocycles. The minimum atomic E-state index is 0.605. The SMILES string of the molecule is COc1cc(OCCCc2cnc[nH]2)ccc1/C=N/O. The maximum absolute atomic E-state index is 8.55. The van der Waals surface area contributed by atoms with Gasteiger partial charge in [-0.2, -0.15) is 0 Å². The third-order valence-electron chi connectivity index (χ3n) is 2.82. The summed E-state index contributed by atoms with van der Waals surface area (Å²) in [5.41, 5.74) is 1.79. The van der Waals surface area contributed by atoms with Gasteiger partial charge in [-0.3, -0.25) is 0 Å². The molecule has 2 rings (SSSR count). The van der Waals surface area contributed by atoms with Gasteiger partial charge in [0.1, 0.15) is 11.5 Å². The first kappa shape index (κ1) is 13.9. The normalized spacial score (nSPS) is 10.8. The number of hydrogen-bond acceptors (Lipinski definition) is 5. The molecule has 0 aliphatic rings. The average Bonchev–Trinajstić information content (AvgIpc) is 2.98. The number of ether oxygens (including phenoxy) is 2. The molecular formula is C14H17N3O3. The fraction of sp³-hybridized carbons (Fsp3) is 0.286. The van der Waals surface area contributed by atoms with Crippen LogP contribution < -0.4 is 9.47 Å². The highest BCUT2D eigenvalue weighted by molar-refractivity contribution is 5.83. The second kappa shape index (κ2) is 7.18. The number of aromatic nitrogens is 2. The molecule has 0 atom stereocenters. The Morgan fingerprint density at radius 1 is 1.45 bits per heavy atom. The summed E-state index contributed by atoms with van der Waals surface area (Å²) < 4.78 is 10.9. The fourth-order valence-electron chi connectivity index (χ4n) is 1.82. The zero-order valence-corrected chi connectivity index (χ0v) is 11.2. The number of hydrogen-bond donors (Lipinski definition) is 2. The van der Waals surface area contributed by atoms with Crippen molar-refractivity contribution in [1.82, 2.24) is 9.97 Å². The summed E-state index contributed by atoms with van der Waals surface area (Å²) in [6, 6.07) is 5.37. The Hall–Kier alpha value is -2.50. The highest BCUT2D eigenvalue weighted by atomic mass is 16.5. The summed E-state index contributed by atoms with van der Waals surface area (Å²) in [5.74, 6) is 1.33. The zero-order valence-electron chi connectivity index (χ0n) is 11.2. The first-order valence-electron chi connectivity index (χ1n) is 6.29. The van der Waals surface area contributed by atoms with Crippen molar-refractivity contribution in [2.24, 2.45) is 5.16 Å². The van der Waals surface area contributed by atoms with Crippen LogP contribution >= 0.6 is 0 Å². The smallest absolute Gasteiger partial charge is 0.131 e. The Labute approximate surface area is 117 Å². The molecule has 20 heavy (non-hydrogen) atoms. The molecule has 0 unspecified atom stereocenters. The number of oxime groups is 1. The molecular weight excluding hydrogens is 258 g/mol. The Balaban J connectivity index is 1.86. The van der Waals surface area contributed by atoms with Gasteiger partial charge in [0.15, 0.2) is 0 Å². The number of H-pyrrole nitrogens is 1. The van der Waals surface area contributed by atoms with Gasteiger partial charge >= 0.3 is 0 Å². The van der Waals surface area contributed by atoms with Crippen LogP contribution in [0.15, 0.2) is 35.9 Å². The number of aryl methyl sites for hydroxylation is 1. The van der Waals surface area contributed by atoms with Crippen LogP contribution in [-0.4, -0.2) is 35.1 Å². The van der Waals surface area contributed by atoms with Crippen LogP contribution in [-0.2, 0) is 6.42 Å². The van der Waals surface area contributed by atoms with Crippen LogP contribution in [0.5, 0.6) is 11.5 Å². The van der Waals surface area contributed by atoms with Gasteiger partial charge in [-0.05, 0) is 25.0 Å². The predicted octanol–water partition coefficient (Wildman–Crippen LogP) is 2.24. The molecule has 0 spiro atoms. The van der Waals surface area contributed by atoms with Gasteiger partial charge in [0.25, 0.3) is 0 Å². The number of imidazole rings is 1. The summed E-state index contributed by atoms with van der Waals surface area (Å²) in [7, 11) is 1.56. The van der Waals surface area contributed by atoms with Gasteiger partial charge < -0.3 is 19.7 Å². The average molecular weight is 275 g/mol. The molecule has 0 amide bonds. The van der Waals surface area contributed by atoms with Crippen LogP contribution in [0, 0.1) is 0 Å². The highest BCUT2D eigenvalue weighted by Gasteiger charge is 2.04. The summed E-state index contributed by atoms with van der Waals surface area (Å²) in [4.78, 5) is 7.01. The highest BCUT2D eigenvalue weighted by Crippen LogP contribution is 2.23. The Kier molecular flexibility index (Phi) is 5.00. The van der Waals surface area contributed by atoms with Gasteiger partial charge in [-0.25, -0.2) is 4.98 Å². The van der Waals surface area contributed by atoms with E-state index in [1.807, 2.05) is 12.3 Å². The second-order valence-corrected chi connectivity index (χ2v) is 4.18. The van der Waals surface area contributed by atoms with E-state index >= 15 is 0 Å². The summed E-state index contributed by atoms with van der Waals surface area (Å²) in [5, 5.41) is 11.5. The standard InChI is InChI=1S/C14H17N3O3/c1-19-14-7-13(5-4-11(14)8-17-18)20-6-2-3-12-9-15-10-16-12/h4-5,7-10,18H,2-3,6H2,1H3,(H,15,16)/b17-8+. The number of methoxy groups -OCH3 is 1. The number of benzene rings is 1. The van der Waals surface area contributed by atoms with E-state index in [1.165, 1.54) is 6.21 Å². The number of rotatable bonds is 7. The number of nitrogens with zero attached hydrogens (tertiary/aromatic N) is 2. The van der Waals surface area contributed by atoms with Gasteiger partial charge in [-0.15, -0.1) is 0 Å². The predicted molar refractivity (Wildman–Crippen MR) is 74.8 cm³/mol. The van der Waals surface area contributed by atoms with E-state index in [0.29, 0.717) is 17.9 Å². The topological polar surface area (TPSA) is 79.7 Å². The first-order chi connectivity index (χ1) is 9.83. The zero-order chi connectivity index (χ0) is 14.2. The molecule has 1 aromatic heterocycles. The maximum atomic E-state index is 8.55. The van der Waals surface area contributed by atoms with Gasteiger partial charge in [0.2, 0.25) is 0 Å². The lowest BCUT2D eigenvalue weighted by Crippen LogP contribution is -2.00. The Morgan fingerprint density at radius 3 is 3.05 bits per heavy atom. The molecule has 0 aliphatic heterocycles. The molecule has 1 aromatic carbocycles. The molecule has 0 saturated carbocycles. The minimum Gasteiger partial charge on any atom is -0.496 e. The summed E-state index contributed by atoms with van der Waals surface area (Å²) in [6.45, 7) is 0.607. The van der Waals surface area contributed by atoms with Crippen molar-refractivity contribution in [1.29, 1.82) is 0 Å². The van der Waals surface area contributed by atoms with E-state index in [-0.39, 0.29) is 0 Å². The van der Waals surface area contributed by atoms with Crippen LogP contribution in [0.1, 0.15) is 17.7 Å². The third-order valence-corrected chi connectivity index (χ3v) is 2.82. The molecule has 2 N–H and O–H groups in total. The minimum absolute atomic E-state index is 0.605. The van der Waals surface area contributed by atoms with Crippen molar-refractivity contribution in [2.45, 2.75) is 12.8 Å². The lowest BCUT2D eigenvalue weighted by Gasteiger charge is -2.09. The van der Waals surface area contributed by atoms with Crippen LogP contribution in [0.4, 0.5) is 0 Å². The molecule has 0 fully saturated rings. The third kappa shape index (κ3) is 3.74. The van der Waals surface area contributed by atoms with Crippen molar-refractivity contribution in [3.8, 4) is 11.5 Å². The van der Waals surface area contributed by atoms with E-state index in [1.54, 1.807) is 25.6 Å². The first-order valence-corrected chi connectivity index (χ1v) is 6.29. The number of nitrogens with one attached hydrogen (secondary N) is 1. The number of aromatic amines is 1. The second-order valence-electron chi connectivity index (χ2n) is 4.18. The lowest BCUT2D eigenvalue weighted by molar-refractivity contribution is 0.307. The van der Waals surface area contributed by atoms with Gasteiger partial charge in [0.05, 0.1) is 26.3 Å². The van der Waals surface area contributed by atoms with Crippen molar-refractivity contribution in [2.75, 3.05) is 13.7 Å². The molecule has 106 valence electrons. The van der Waals surface area contributed by atoms with Crippen LogP contribution in [0.25, 0.3) is 0 Å². The fourth-order valence-corrected chi connectivity index (χ4v) is 1.82. The maximum Gasteiger partial charge on any atom is 0.131 e. The van der Waals surface area contributed by atoms with Gasteiger partial charge in [0, 0.05) is 23.5 Å². The molecule has 1 heterocycles. The molecule has 6 nitrogen and oxygen atoms in total. The van der Waals surface area contributed by atoms with E-state index in [4.69, 9.17) is 14.7 Å². The summed E-state index contributed by atoms with van der Waals surface area (Å²) in [6.07, 6.45) is 6.59. The van der Waals surface area contributed by atoms with E-state index in [2.05, 4.69) is 15.1 Å². The van der Waals surface area contributed by atoms with E-state index in [9.17, 15) is 0 Å². The monoisotopic (exact) mass is 275 g/mol. The van der Waals surface area contributed by atoms with Crippen molar-refractivity contribution >= 4 is 6.21 Å². The van der Waals surface area contributed by atoms with Crippen LogP contribution in [0.2, 0.25) is 0 Å². The molecule has 0 radical (unpaired) electrons. The van der Waals surface area contributed by atoms with E-state index in [0.717, 1.165) is 24.3 Å². The quantitative estimate of drug-likeness (QED) is 0.351. The van der Waals surface area contributed by atoms with Gasteiger partial charge in [-0.1, -0.05) is 5.16 Å².